The van der Waals surface area contributed by atoms with Crippen molar-refractivity contribution in [3.8, 4) is 0 Å². The summed E-state index contributed by atoms with van der Waals surface area (Å²) in [7, 11) is 0. The third-order valence-corrected chi connectivity index (χ3v) is 4.27. The molecule has 7 nitrogen and oxygen atoms in total. The molecule has 8 heteroatoms. The number of benzene rings is 1. The van der Waals surface area contributed by atoms with Crippen LogP contribution in [0, 0.1) is 11.8 Å². The van der Waals surface area contributed by atoms with E-state index in [0.717, 1.165) is 0 Å². The number of nitrogens with zero attached hydrogens (tertiary/aromatic N) is 1. The van der Waals surface area contributed by atoms with E-state index in [1.165, 1.54) is 11.0 Å². The number of carbonyl (C=O) groups is 3. The van der Waals surface area contributed by atoms with Gasteiger partial charge in [-0.2, -0.15) is 0 Å². The summed E-state index contributed by atoms with van der Waals surface area (Å²) in [6.07, 6.45) is 0.443. The van der Waals surface area contributed by atoms with Gasteiger partial charge < -0.3 is 20.6 Å². The van der Waals surface area contributed by atoms with Gasteiger partial charge in [0.2, 0.25) is 0 Å². The number of aliphatic carboxylic acids is 1. The van der Waals surface area contributed by atoms with Gasteiger partial charge in [-0.3, -0.25) is 9.59 Å². The molecule has 0 spiro atoms. The molecule has 1 unspecified atom stereocenters. The first-order valence-electron chi connectivity index (χ1n) is 8.14. The third kappa shape index (κ3) is 5.09. The van der Waals surface area contributed by atoms with Gasteiger partial charge in [0, 0.05) is 25.3 Å². The van der Waals surface area contributed by atoms with E-state index in [0.29, 0.717) is 36.7 Å². The van der Waals surface area contributed by atoms with E-state index in [-0.39, 0.29) is 23.5 Å². The highest BCUT2D eigenvalue weighted by Gasteiger charge is 2.30. The van der Waals surface area contributed by atoms with E-state index in [1.807, 2.05) is 13.8 Å². The van der Waals surface area contributed by atoms with Crippen LogP contribution in [0.1, 0.15) is 30.6 Å². The minimum Gasteiger partial charge on any atom is -0.481 e. The third-order valence-electron chi connectivity index (χ3n) is 3.96. The van der Waals surface area contributed by atoms with Gasteiger partial charge in [-0.1, -0.05) is 25.4 Å². The summed E-state index contributed by atoms with van der Waals surface area (Å²) in [6.45, 7) is 5.12. The van der Waals surface area contributed by atoms with E-state index in [1.54, 1.807) is 12.1 Å². The summed E-state index contributed by atoms with van der Waals surface area (Å²) in [5, 5.41) is 14.7. The number of carbonyl (C=O) groups excluding carboxylic acids is 2. The first-order chi connectivity index (χ1) is 11.8. The molecule has 1 atom stereocenters. The Morgan fingerprint density at radius 1 is 1.36 bits per heavy atom. The zero-order valence-corrected chi connectivity index (χ0v) is 15.0. The van der Waals surface area contributed by atoms with Crippen molar-refractivity contribution in [1.82, 2.24) is 10.2 Å². The number of likely N-dealkylation sites (tertiary alicyclic amines) is 1. The number of carboxylic acids is 1. The van der Waals surface area contributed by atoms with E-state index in [9.17, 15) is 14.4 Å². The number of urea groups is 1. The Balaban J connectivity index is 1.97. The largest absolute Gasteiger partial charge is 0.481 e. The van der Waals surface area contributed by atoms with Crippen molar-refractivity contribution in [2.75, 3.05) is 25.0 Å². The summed E-state index contributed by atoms with van der Waals surface area (Å²) < 4.78 is 0. The van der Waals surface area contributed by atoms with Gasteiger partial charge in [-0.15, -0.1) is 0 Å². The minimum absolute atomic E-state index is 0.185. The summed E-state index contributed by atoms with van der Waals surface area (Å²) in [4.78, 5) is 36.7. The molecular formula is C17H22ClN3O4. The standard InChI is InChI=1S/C17H22ClN3O4/c1-10(2)8-19-15(22)13-4-3-12(7-14(13)18)20-17(25)21-6-5-11(9-21)16(23)24/h3-4,7,10-11H,5-6,8-9H2,1-2H3,(H,19,22)(H,20,25)(H,23,24). The number of amides is 3. The summed E-state index contributed by atoms with van der Waals surface area (Å²) in [5.74, 6) is -1.35. The lowest BCUT2D eigenvalue weighted by atomic mass is 10.1. The average molecular weight is 368 g/mol. The fourth-order valence-electron chi connectivity index (χ4n) is 2.52. The highest BCUT2D eigenvalue weighted by atomic mass is 35.5. The normalized spacial score (nSPS) is 16.8. The van der Waals surface area contributed by atoms with Crippen molar-refractivity contribution in [2.45, 2.75) is 20.3 Å². The summed E-state index contributed by atoms with van der Waals surface area (Å²) in [5.41, 5.74) is 0.793. The van der Waals surface area contributed by atoms with Crippen LogP contribution in [0.15, 0.2) is 18.2 Å². The first kappa shape index (κ1) is 19.1. The molecule has 1 saturated heterocycles. The van der Waals surface area contributed by atoms with Crippen molar-refractivity contribution in [1.29, 1.82) is 0 Å². The van der Waals surface area contributed by atoms with Crippen LogP contribution in [0.2, 0.25) is 5.02 Å². The Morgan fingerprint density at radius 3 is 2.64 bits per heavy atom. The van der Waals surface area contributed by atoms with Gasteiger partial charge in [-0.05, 0) is 30.5 Å². The zero-order valence-electron chi connectivity index (χ0n) is 14.2. The number of nitrogens with one attached hydrogen (secondary N) is 2. The molecule has 2 rings (SSSR count). The van der Waals surface area contributed by atoms with E-state index in [4.69, 9.17) is 16.7 Å². The number of carboxylic acid groups (broad SMARTS) is 1. The van der Waals surface area contributed by atoms with E-state index in [2.05, 4.69) is 10.6 Å². The molecule has 0 saturated carbocycles. The molecule has 1 aromatic rings. The quantitative estimate of drug-likeness (QED) is 0.745. The Morgan fingerprint density at radius 2 is 2.08 bits per heavy atom. The maximum atomic E-state index is 12.2. The van der Waals surface area contributed by atoms with Gasteiger partial charge in [0.25, 0.3) is 5.91 Å². The highest BCUT2D eigenvalue weighted by Crippen LogP contribution is 2.23. The van der Waals surface area contributed by atoms with Gasteiger partial charge in [0.1, 0.15) is 0 Å². The lowest BCUT2D eigenvalue weighted by molar-refractivity contribution is -0.141. The van der Waals surface area contributed by atoms with Gasteiger partial charge >= 0.3 is 12.0 Å². The van der Waals surface area contributed by atoms with E-state index < -0.39 is 11.9 Å². The molecule has 1 aliphatic rings. The molecule has 3 N–H and O–H groups in total. The van der Waals surface area contributed by atoms with Crippen LogP contribution in [0.5, 0.6) is 0 Å². The van der Waals surface area contributed by atoms with Crippen LogP contribution >= 0.6 is 11.6 Å². The zero-order chi connectivity index (χ0) is 18.6. The number of halogens is 1. The summed E-state index contributed by atoms with van der Waals surface area (Å²) >= 11 is 6.14. The monoisotopic (exact) mass is 367 g/mol. The highest BCUT2D eigenvalue weighted by molar-refractivity contribution is 6.34. The van der Waals surface area contributed by atoms with Crippen LogP contribution in [-0.2, 0) is 4.79 Å². The lowest BCUT2D eigenvalue weighted by Gasteiger charge is -2.17. The molecule has 1 fully saturated rings. The van der Waals surface area contributed by atoms with E-state index >= 15 is 0 Å². The SMILES string of the molecule is CC(C)CNC(=O)c1ccc(NC(=O)N2CCC(C(=O)O)C2)cc1Cl. The molecule has 0 aromatic heterocycles. The predicted octanol–water partition coefficient (Wildman–Crippen LogP) is 2.66. The molecular weight excluding hydrogens is 346 g/mol. The minimum atomic E-state index is -0.893. The topological polar surface area (TPSA) is 98.7 Å². The van der Waals surface area contributed by atoms with Crippen LogP contribution in [-0.4, -0.2) is 47.5 Å². The van der Waals surface area contributed by atoms with Gasteiger partial charge in [-0.25, -0.2) is 4.79 Å². The number of hydrogen-bond donors (Lipinski definition) is 3. The van der Waals surface area contributed by atoms with Crippen LogP contribution in [0.3, 0.4) is 0 Å². The molecule has 0 aliphatic carbocycles. The smallest absolute Gasteiger partial charge is 0.321 e. The molecule has 1 heterocycles. The first-order valence-corrected chi connectivity index (χ1v) is 8.52. The Hall–Kier alpha value is -2.28. The molecule has 1 aromatic carbocycles. The maximum Gasteiger partial charge on any atom is 0.321 e. The molecule has 1 aliphatic heterocycles. The fraction of sp³-hybridized carbons (Fsp3) is 0.471. The number of rotatable bonds is 5. The van der Waals surface area contributed by atoms with Crippen molar-refractivity contribution in [3.63, 3.8) is 0 Å². The van der Waals surface area contributed by atoms with Crippen LogP contribution in [0.25, 0.3) is 0 Å². The maximum absolute atomic E-state index is 12.2. The van der Waals surface area contributed by atoms with Crippen LogP contribution in [0.4, 0.5) is 10.5 Å². The van der Waals surface area contributed by atoms with Gasteiger partial charge in [0.05, 0.1) is 16.5 Å². The van der Waals surface area contributed by atoms with Gasteiger partial charge in [0.15, 0.2) is 0 Å². The lowest BCUT2D eigenvalue weighted by Crippen LogP contribution is -2.33. The van der Waals surface area contributed by atoms with Crippen molar-refractivity contribution in [3.05, 3.63) is 28.8 Å². The second-order valence-electron chi connectivity index (χ2n) is 6.50. The second kappa shape index (κ2) is 8.20. The summed E-state index contributed by atoms with van der Waals surface area (Å²) in [6, 6.07) is 4.28. The molecule has 136 valence electrons. The number of anilines is 1. The Kier molecular flexibility index (Phi) is 6.25. The molecule has 3 amide bonds. The average Bonchev–Trinajstić information content (AvgIpc) is 3.03. The van der Waals surface area contributed by atoms with Crippen molar-refractivity contribution >= 4 is 35.2 Å². The molecule has 0 radical (unpaired) electrons. The van der Waals surface area contributed by atoms with Crippen molar-refractivity contribution in [2.24, 2.45) is 11.8 Å². The molecule has 25 heavy (non-hydrogen) atoms. The van der Waals surface area contributed by atoms with Crippen LogP contribution < -0.4 is 10.6 Å². The Labute approximate surface area is 151 Å². The predicted molar refractivity (Wildman–Crippen MR) is 95.0 cm³/mol. The van der Waals surface area contributed by atoms with Crippen molar-refractivity contribution < 1.29 is 19.5 Å². The second-order valence-corrected chi connectivity index (χ2v) is 6.91. The molecule has 0 bridgehead atoms. The fourth-order valence-corrected chi connectivity index (χ4v) is 2.78. The number of hydrogen-bond acceptors (Lipinski definition) is 3. The Bertz CT molecular complexity index is 678.